The van der Waals surface area contributed by atoms with Gasteiger partial charge in [-0.05, 0) is 43.5 Å². The molecule has 0 aliphatic heterocycles. The molecule has 10 nitrogen and oxygen atoms in total. The Morgan fingerprint density at radius 2 is 1.74 bits per heavy atom. The third kappa shape index (κ3) is 4.53. The van der Waals surface area contributed by atoms with E-state index in [-0.39, 0.29) is 0 Å². The summed E-state index contributed by atoms with van der Waals surface area (Å²) in [6.07, 6.45) is 0.660. The predicted octanol–water partition coefficient (Wildman–Crippen LogP) is 4.74. The Labute approximate surface area is 220 Å². The molecule has 0 bridgehead atoms. The van der Waals surface area contributed by atoms with Crippen LogP contribution in [0, 0.1) is 6.92 Å². The van der Waals surface area contributed by atoms with Gasteiger partial charge < -0.3 is 9.47 Å². The van der Waals surface area contributed by atoms with E-state index in [2.05, 4.69) is 25.1 Å². The molecule has 13 heteroatoms. The number of benzene rings is 1. The minimum Gasteiger partial charge on any atom is -0.480 e. The van der Waals surface area contributed by atoms with E-state index in [1.807, 2.05) is 12.1 Å². The van der Waals surface area contributed by atoms with Gasteiger partial charge in [0.25, 0.3) is 0 Å². The molecule has 1 aromatic carbocycles. The zero-order valence-corrected chi connectivity index (χ0v) is 21.3. The summed E-state index contributed by atoms with van der Waals surface area (Å²) >= 11 is 0. The maximum atomic E-state index is 13.1. The molecule has 1 fully saturated rings. The molecule has 1 aliphatic rings. The average Bonchev–Trinajstić information content (AvgIpc) is 3.59. The van der Waals surface area contributed by atoms with Crippen LogP contribution >= 0.6 is 0 Å². The van der Waals surface area contributed by atoms with Gasteiger partial charge in [0.05, 0.1) is 38.3 Å². The molecule has 0 amide bonds. The highest BCUT2D eigenvalue weighted by atomic mass is 19.4. The van der Waals surface area contributed by atoms with Crippen molar-refractivity contribution in [1.29, 1.82) is 0 Å². The van der Waals surface area contributed by atoms with E-state index >= 15 is 0 Å². The van der Waals surface area contributed by atoms with Crippen LogP contribution in [-0.4, -0.2) is 53.7 Å². The highest BCUT2D eigenvalue weighted by Crippen LogP contribution is 2.45. The Morgan fingerprint density at radius 3 is 2.38 bits per heavy atom. The van der Waals surface area contributed by atoms with Crippen LogP contribution in [0.3, 0.4) is 0 Å². The third-order valence-corrected chi connectivity index (χ3v) is 6.57. The third-order valence-electron chi connectivity index (χ3n) is 6.57. The SMILES string of the molecule is COc1ncnc(C2CC2)c1-c1nc(OC)c2cnn(Cc3ccc(-n4nc(C(F)(F)F)cc4C)cc3)c2n1. The van der Waals surface area contributed by atoms with Crippen molar-refractivity contribution in [2.75, 3.05) is 14.2 Å². The van der Waals surface area contributed by atoms with Gasteiger partial charge in [0.1, 0.15) is 17.3 Å². The quantitative estimate of drug-likeness (QED) is 0.294. The fraction of sp³-hybridized carbons (Fsp3) is 0.308. The molecule has 4 heterocycles. The summed E-state index contributed by atoms with van der Waals surface area (Å²) in [6.45, 7) is 1.94. The van der Waals surface area contributed by atoms with Crippen molar-refractivity contribution in [3.05, 3.63) is 65.5 Å². The Kier molecular flexibility index (Phi) is 5.92. The first kappa shape index (κ1) is 24.8. The van der Waals surface area contributed by atoms with Crippen molar-refractivity contribution in [3.8, 4) is 28.8 Å². The van der Waals surface area contributed by atoms with Gasteiger partial charge in [-0.1, -0.05) is 12.1 Å². The lowest BCUT2D eigenvalue weighted by molar-refractivity contribution is -0.141. The van der Waals surface area contributed by atoms with Gasteiger partial charge in [-0.2, -0.15) is 28.4 Å². The van der Waals surface area contributed by atoms with Gasteiger partial charge in [-0.3, -0.25) is 0 Å². The number of aryl methyl sites for hydroxylation is 1. The number of ether oxygens (including phenoxy) is 2. The molecule has 0 N–H and O–H groups in total. The zero-order valence-electron chi connectivity index (χ0n) is 21.3. The van der Waals surface area contributed by atoms with Crippen LogP contribution < -0.4 is 9.47 Å². The lowest BCUT2D eigenvalue weighted by Gasteiger charge is -2.12. The van der Waals surface area contributed by atoms with E-state index in [1.54, 1.807) is 37.0 Å². The minimum atomic E-state index is -4.51. The van der Waals surface area contributed by atoms with Crippen molar-refractivity contribution in [2.45, 2.75) is 38.4 Å². The van der Waals surface area contributed by atoms with Gasteiger partial charge in [0.15, 0.2) is 17.2 Å². The summed E-state index contributed by atoms with van der Waals surface area (Å²) < 4.78 is 53.3. The highest BCUT2D eigenvalue weighted by molar-refractivity contribution is 5.83. The van der Waals surface area contributed by atoms with Crippen molar-refractivity contribution in [3.63, 3.8) is 0 Å². The number of hydrogen-bond donors (Lipinski definition) is 0. The van der Waals surface area contributed by atoms with Crippen molar-refractivity contribution < 1.29 is 22.6 Å². The van der Waals surface area contributed by atoms with Crippen LogP contribution in [0.15, 0.2) is 42.9 Å². The molecule has 4 aromatic heterocycles. The van der Waals surface area contributed by atoms with E-state index in [9.17, 15) is 13.2 Å². The van der Waals surface area contributed by atoms with Gasteiger partial charge in [-0.25, -0.2) is 24.3 Å². The molecule has 39 heavy (non-hydrogen) atoms. The number of fused-ring (bicyclic) bond motifs is 1. The van der Waals surface area contributed by atoms with E-state index in [4.69, 9.17) is 14.5 Å². The number of methoxy groups -OCH3 is 2. The largest absolute Gasteiger partial charge is 0.480 e. The van der Waals surface area contributed by atoms with E-state index in [1.165, 1.54) is 18.1 Å². The lowest BCUT2D eigenvalue weighted by Crippen LogP contribution is -2.08. The van der Waals surface area contributed by atoms with Gasteiger partial charge >= 0.3 is 6.18 Å². The number of alkyl halides is 3. The number of hydrogen-bond acceptors (Lipinski definition) is 8. The number of nitrogens with zero attached hydrogens (tertiary/aromatic N) is 8. The summed E-state index contributed by atoms with van der Waals surface area (Å²) in [4.78, 5) is 18.2. The van der Waals surface area contributed by atoms with Crippen molar-refractivity contribution in [2.24, 2.45) is 0 Å². The first-order valence-electron chi connectivity index (χ1n) is 12.2. The summed E-state index contributed by atoms with van der Waals surface area (Å²) in [5.41, 5.74) is 2.86. The fourth-order valence-electron chi connectivity index (χ4n) is 4.52. The standard InChI is InChI=1S/C26H23F3N8O2/c1-14-10-19(26(27,28)29)35-37(14)17-8-4-15(5-9-17)12-36-23-18(11-32-36)24(38-2)34-22(33-23)20-21(16-6-7-16)30-13-31-25(20)39-3/h4-5,8-11,13,16H,6-7,12H2,1-3H3. The van der Waals surface area contributed by atoms with E-state index in [0.717, 1.165) is 30.2 Å². The normalized spacial score (nSPS) is 13.7. The first-order chi connectivity index (χ1) is 18.8. The fourth-order valence-corrected chi connectivity index (χ4v) is 4.52. The number of halogens is 3. The van der Waals surface area contributed by atoms with Crippen LogP contribution in [0.25, 0.3) is 28.1 Å². The molecular weight excluding hydrogens is 513 g/mol. The molecule has 0 radical (unpaired) electrons. The van der Waals surface area contributed by atoms with E-state index in [0.29, 0.717) is 58.0 Å². The minimum absolute atomic E-state index is 0.302. The molecule has 5 aromatic rings. The summed E-state index contributed by atoms with van der Waals surface area (Å²) in [6, 6.07) is 8.09. The zero-order chi connectivity index (χ0) is 27.3. The molecule has 0 unspecified atom stereocenters. The number of rotatable bonds is 7. The van der Waals surface area contributed by atoms with Gasteiger partial charge in [0.2, 0.25) is 11.8 Å². The molecule has 200 valence electrons. The second kappa shape index (κ2) is 9.33. The smallest absolute Gasteiger partial charge is 0.435 e. The second-order valence-corrected chi connectivity index (χ2v) is 9.26. The van der Waals surface area contributed by atoms with Crippen LogP contribution in [-0.2, 0) is 12.7 Å². The molecule has 1 aliphatic carbocycles. The van der Waals surface area contributed by atoms with E-state index < -0.39 is 11.9 Å². The lowest BCUT2D eigenvalue weighted by atomic mass is 10.1. The summed E-state index contributed by atoms with van der Waals surface area (Å²) in [5.74, 6) is 1.43. The highest BCUT2D eigenvalue weighted by Gasteiger charge is 2.35. The Hall–Kier alpha value is -4.55. The van der Waals surface area contributed by atoms with Crippen LogP contribution in [0.4, 0.5) is 13.2 Å². The van der Waals surface area contributed by atoms with Gasteiger partial charge in [0, 0.05) is 11.6 Å². The molecular formula is C26H23F3N8O2. The Bertz CT molecular complexity index is 1670. The van der Waals surface area contributed by atoms with Crippen molar-refractivity contribution >= 4 is 11.0 Å². The first-order valence-corrected chi connectivity index (χ1v) is 12.2. The van der Waals surface area contributed by atoms with Crippen LogP contribution in [0.5, 0.6) is 11.8 Å². The number of aromatic nitrogens is 8. The monoisotopic (exact) mass is 536 g/mol. The second-order valence-electron chi connectivity index (χ2n) is 9.26. The van der Waals surface area contributed by atoms with Crippen molar-refractivity contribution in [1.82, 2.24) is 39.5 Å². The average molecular weight is 537 g/mol. The summed E-state index contributed by atoms with van der Waals surface area (Å²) in [5, 5.41) is 8.85. The summed E-state index contributed by atoms with van der Waals surface area (Å²) in [7, 11) is 3.07. The molecule has 1 saturated carbocycles. The molecule has 0 spiro atoms. The Balaban J connectivity index is 1.36. The maximum Gasteiger partial charge on any atom is 0.435 e. The maximum absolute atomic E-state index is 13.1. The van der Waals surface area contributed by atoms with Crippen LogP contribution in [0.1, 0.15) is 41.4 Å². The molecule has 0 atom stereocenters. The molecule has 6 rings (SSSR count). The Morgan fingerprint density at radius 1 is 1.00 bits per heavy atom. The molecule has 0 saturated heterocycles. The predicted molar refractivity (Wildman–Crippen MR) is 134 cm³/mol. The van der Waals surface area contributed by atoms with Crippen LogP contribution in [0.2, 0.25) is 0 Å². The topological polar surface area (TPSA) is 106 Å². The van der Waals surface area contributed by atoms with Gasteiger partial charge in [-0.15, -0.1) is 0 Å².